The fraction of sp³-hybridized carbons (Fsp3) is 1.00. The van der Waals surface area contributed by atoms with Crippen LogP contribution in [0.5, 0.6) is 0 Å². The molecule has 0 fully saturated rings. The van der Waals surface area contributed by atoms with Crippen molar-refractivity contribution in [3.8, 4) is 0 Å². The number of hydrogen-bond donors (Lipinski definition) is 2. The van der Waals surface area contributed by atoms with Crippen molar-refractivity contribution in [2.24, 2.45) is 0 Å². The van der Waals surface area contributed by atoms with Crippen molar-refractivity contribution in [2.45, 2.75) is 110 Å². The van der Waals surface area contributed by atoms with Crippen LogP contribution in [0.2, 0.25) is 0 Å². The third kappa shape index (κ3) is 19.9. The Bertz CT molecular complexity index is 153. The van der Waals surface area contributed by atoms with Crippen LogP contribution < -0.4 is 10.9 Å². The minimum atomic E-state index is 1.13. The monoisotopic (exact) mass is 298 g/mol. The predicted molar refractivity (Wildman–Crippen MR) is 96.6 cm³/mol. The maximum Gasteiger partial charge on any atom is 0.00997 e. The van der Waals surface area contributed by atoms with E-state index in [2.05, 4.69) is 24.7 Å². The Balaban J connectivity index is 2.90. The molecule has 0 bridgehead atoms. The highest BCUT2D eigenvalue weighted by Crippen LogP contribution is 2.08. The van der Waals surface area contributed by atoms with Gasteiger partial charge in [-0.3, -0.25) is 10.9 Å². The van der Waals surface area contributed by atoms with E-state index in [0.717, 1.165) is 13.1 Å². The molecule has 0 aromatic carbocycles. The summed E-state index contributed by atoms with van der Waals surface area (Å²) in [7, 11) is 0. The summed E-state index contributed by atoms with van der Waals surface area (Å²) >= 11 is 0. The third-order valence-corrected chi connectivity index (χ3v) is 4.19. The molecule has 0 atom stereocenters. The minimum absolute atomic E-state index is 1.13. The highest BCUT2D eigenvalue weighted by molar-refractivity contribution is 4.50. The van der Waals surface area contributed by atoms with E-state index in [9.17, 15) is 0 Å². The van der Waals surface area contributed by atoms with Gasteiger partial charge in [0.15, 0.2) is 0 Å². The first-order valence-corrected chi connectivity index (χ1v) is 9.87. The van der Waals surface area contributed by atoms with Gasteiger partial charge in [-0.15, -0.1) is 0 Å². The molecule has 0 aromatic heterocycles. The highest BCUT2D eigenvalue weighted by atomic mass is 15.3. The molecule has 2 nitrogen and oxygen atoms in total. The second kappa shape index (κ2) is 19.9. The number of nitrogens with one attached hydrogen (secondary N) is 2. The van der Waals surface area contributed by atoms with E-state index in [1.165, 1.54) is 96.3 Å². The molecule has 21 heavy (non-hydrogen) atoms. The quantitative estimate of drug-likeness (QED) is 0.240. The lowest BCUT2D eigenvalue weighted by atomic mass is 10.1. The molecule has 0 aromatic rings. The van der Waals surface area contributed by atoms with Crippen molar-refractivity contribution in [2.75, 3.05) is 13.1 Å². The molecule has 0 aliphatic carbocycles. The molecule has 2 N–H and O–H groups in total. The van der Waals surface area contributed by atoms with E-state index in [4.69, 9.17) is 0 Å². The van der Waals surface area contributed by atoms with Crippen LogP contribution in [-0.2, 0) is 0 Å². The van der Waals surface area contributed by atoms with E-state index >= 15 is 0 Å². The predicted octanol–water partition coefficient (Wildman–Crippen LogP) is 5.97. The molecular formula is C19H42N2. The Morgan fingerprint density at radius 2 is 0.667 bits per heavy atom. The second-order valence-electron chi connectivity index (χ2n) is 6.45. The Kier molecular flexibility index (Phi) is 19.8. The lowest BCUT2D eigenvalue weighted by Crippen LogP contribution is -2.33. The molecule has 0 amide bonds. The van der Waals surface area contributed by atoms with Gasteiger partial charge in [-0.1, -0.05) is 97.3 Å². The first-order chi connectivity index (χ1) is 10.4. The van der Waals surface area contributed by atoms with Gasteiger partial charge in [-0.25, -0.2) is 0 Å². The van der Waals surface area contributed by atoms with E-state index in [0.29, 0.717) is 0 Å². The molecule has 0 saturated carbocycles. The maximum absolute atomic E-state index is 3.36. The smallest absolute Gasteiger partial charge is 0.00997 e. The van der Waals surface area contributed by atoms with E-state index in [1.807, 2.05) is 0 Å². The number of unbranched alkanes of at least 4 members (excludes halogenated alkanes) is 13. The summed E-state index contributed by atoms with van der Waals surface area (Å²) in [6.45, 7) is 6.82. The first-order valence-electron chi connectivity index (χ1n) is 9.87. The summed E-state index contributed by atoms with van der Waals surface area (Å²) in [5.41, 5.74) is 6.71. The molecule has 0 spiro atoms. The Hall–Kier alpha value is -0.0800. The van der Waals surface area contributed by atoms with Crippen molar-refractivity contribution in [3.05, 3.63) is 0 Å². The van der Waals surface area contributed by atoms with Crippen LogP contribution in [0.25, 0.3) is 0 Å². The van der Waals surface area contributed by atoms with E-state index in [1.54, 1.807) is 0 Å². The average Bonchev–Trinajstić information content (AvgIpc) is 2.50. The van der Waals surface area contributed by atoms with Crippen LogP contribution >= 0.6 is 0 Å². The summed E-state index contributed by atoms with van der Waals surface area (Å²) in [6, 6.07) is 0. The van der Waals surface area contributed by atoms with Gasteiger partial charge in [-0.05, 0) is 12.8 Å². The molecule has 0 radical (unpaired) electrons. The summed E-state index contributed by atoms with van der Waals surface area (Å²) in [6.07, 6.45) is 21.0. The van der Waals surface area contributed by atoms with Gasteiger partial charge in [0, 0.05) is 13.1 Å². The lowest BCUT2D eigenvalue weighted by molar-refractivity contribution is 0.479. The van der Waals surface area contributed by atoms with Gasteiger partial charge in [0.2, 0.25) is 0 Å². The SMILES string of the molecule is CCCCCCCCCCNNCCCCCCCCC. The van der Waals surface area contributed by atoms with Crippen molar-refractivity contribution in [1.29, 1.82) is 0 Å². The Morgan fingerprint density at radius 3 is 1.00 bits per heavy atom. The van der Waals surface area contributed by atoms with Crippen LogP contribution in [-0.4, -0.2) is 13.1 Å². The fourth-order valence-corrected chi connectivity index (χ4v) is 2.69. The maximum atomic E-state index is 3.36. The summed E-state index contributed by atoms with van der Waals surface area (Å²) in [5.74, 6) is 0. The van der Waals surface area contributed by atoms with Gasteiger partial charge in [0.25, 0.3) is 0 Å². The summed E-state index contributed by atoms with van der Waals surface area (Å²) in [5, 5.41) is 0. The second-order valence-corrected chi connectivity index (χ2v) is 6.45. The normalized spacial score (nSPS) is 11.1. The zero-order valence-electron chi connectivity index (χ0n) is 15.0. The number of hydrazine groups is 1. The van der Waals surface area contributed by atoms with Crippen molar-refractivity contribution in [3.63, 3.8) is 0 Å². The molecule has 0 aliphatic heterocycles. The van der Waals surface area contributed by atoms with Crippen LogP contribution in [0.1, 0.15) is 110 Å². The van der Waals surface area contributed by atoms with E-state index in [-0.39, 0.29) is 0 Å². The van der Waals surface area contributed by atoms with Gasteiger partial charge < -0.3 is 0 Å². The molecule has 2 heteroatoms. The number of rotatable bonds is 18. The van der Waals surface area contributed by atoms with Gasteiger partial charge in [0.1, 0.15) is 0 Å². The lowest BCUT2D eigenvalue weighted by Gasteiger charge is -2.07. The molecule has 0 saturated heterocycles. The minimum Gasteiger partial charge on any atom is -0.258 e. The van der Waals surface area contributed by atoms with Crippen molar-refractivity contribution in [1.82, 2.24) is 10.9 Å². The molecule has 0 heterocycles. The Morgan fingerprint density at radius 1 is 0.381 bits per heavy atom. The third-order valence-electron chi connectivity index (χ3n) is 4.19. The highest BCUT2D eigenvalue weighted by Gasteiger charge is 1.93. The van der Waals surface area contributed by atoms with Crippen LogP contribution in [0.15, 0.2) is 0 Å². The molecule has 128 valence electrons. The van der Waals surface area contributed by atoms with Gasteiger partial charge >= 0.3 is 0 Å². The fourth-order valence-electron chi connectivity index (χ4n) is 2.69. The van der Waals surface area contributed by atoms with Crippen LogP contribution in [0.4, 0.5) is 0 Å². The summed E-state index contributed by atoms with van der Waals surface area (Å²) < 4.78 is 0. The van der Waals surface area contributed by atoms with Crippen molar-refractivity contribution >= 4 is 0 Å². The molecule has 0 aliphatic rings. The van der Waals surface area contributed by atoms with Crippen LogP contribution in [0, 0.1) is 0 Å². The first kappa shape index (κ1) is 20.9. The molecule has 0 rings (SSSR count). The largest absolute Gasteiger partial charge is 0.258 e. The zero-order chi connectivity index (χ0) is 15.4. The van der Waals surface area contributed by atoms with Crippen LogP contribution in [0.3, 0.4) is 0 Å². The molecular weight excluding hydrogens is 256 g/mol. The topological polar surface area (TPSA) is 24.1 Å². The van der Waals surface area contributed by atoms with E-state index < -0.39 is 0 Å². The standard InChI is InChI=1S/C19H42N2/c1-3-5-7-9-11-13-15-17-19-21-20-18-16-14-12-10-8-6-4-2/h20-21H,3-19H2,1-2H3. The zero-order valence-corrected chi connectivity index (χ0v) is 15.0. The van der Waals surface area contributed by atoms with Gasteiger partial charge in [0.05, 0.1) is 0 Å². The van der Waals surface area contributed by atoms with Crippen molar-refractivity contribution < 1.29 is 0 Å². The number of hydrogen-bond acceptors (Lipinski definition) is 2. The summed E-state index contributed by atoms with van der Waals surface area (Å²) in [4.78, 5) is 0. The molecule has 0 unspecified atom stereocenters. The average molecular weight is 299 g/mol. The van der Waals surface area contributed by atoms with Gasteiger partial charge in [-0.2, -0.15) is 0 Å². The Labute approximate surface area is 134 Å².